The van der Waals surface area contributed by atoms with Crippen LogP contribution < -0.4 is 20.7 Å². The highest BCUT2D eigenvalue weighted by atomic mass is 127. The van der Waals surface area contributed by atoms with Gasteiger partial charge in [-0.25, -0.2) is 0 Å². The molecular formula is C24H33IN4O2S. The molecule has 0 saturated heterocycles. The fraction of sp³-hybridized carbons (Fsp3) is 0.417. The predicted molar refractivity (Wildman–Crippen MR) is 143 cm³/mol. The zero-order valence-corrected chi connectivity index (χ0v) is 21.8. The van der Waals surface area contributed by atoms with Gasteiger partial charge < -0.3 is 20.7 Å². The molecule has 1 fully saturated rings. The number of carbonyl (C=O) groups excluding carboxylic acids is 1. The molecule has 0 aromatic heterocycles. The van der Waals surface area contributed by atoms with Crippen molar-refractivity contribution in [3.05, 3.63) is 60.2 Å². The van der Waals surface area contributed by atoms with E-state index in [-0.39, 0.29) is 36.5 Å². The van der Waals surface area contributed by atoms with Gasteiger partial charge in [-0.3, -0.25) is 9.79 Å². The monoisotopic (exact) mass is 568 g/mol. The number of aliphatic imine (C=N–C) groups is 1. The van der Waals surface area contributed by atoms with E-state index in [9.17, 15) is 4.79 Å². The Morgan fingerprint density at radius 3 is 2.50 bits per heavy atom. The number of amides is 1. The van der Waals surface area contributed by atoms with Crippen LogP contribution in [-0.4, -0.2) is 49.9 Å². The quantitative estimate of drug-likeness (QED) is 0.166. The van der Waals surface area contributed by atoms with Crippen molar-refractivity contribution >= 4 is 47.6 Å². The Bertz CT molecular complexity index is 845. The highest BCUT2D eigenvalue weighted by molar-refractivity contribution is 14.0. The minimum atomic E-state index is -0.0499. The Kier molecular flexibility index (Phi) is 11.7. The largest absolute Gasteiger partial charge is 0.484 e. The van der Waals surface area contributed by atoms with E-state index in [1.165, 1.54) is 10.5 Å². The predicted octanol–water partition coefficient (Wildman–Crippen LogP) is 3.85. The van der Waals surface area contributed by atoms with Crippen molar-refractivity contribution in [2.75, 3.05) is 26.7 Å². The number of hydrogen-bond acceptors (Lipinski definition) is 4. The van der Waals surface area contributed by atoms with E-state index in [1.807, 2.05) is 42.1 Å². The minimum absolute atomic E-state index is 0. The van der Waals surface area contributed by atoms with Crippen LogP contribution in [0.5, 0.6) is 5.75 Å². The van der Waals surface area contributed by atoms with Gasteiger partial charge in [-0.1, -0.05) is 37.3 Å². The maximum Gasteiger partial charge on any atom is 0.258 e. The van der Waals surface area contributed by atoms with Crippen LogP contribution in [0.15, 0.2) is 64.5 Å². The van der Waals surface area contributed by atoms with Gasteiger partial charge in [0.1, 0.15) is 5.75 Å². The lowest BCUT2D eigenvalue weighted by Gasteiger charge is -2.16. The Morgan fingerprint density at radius 2 is 1.84 bits per heavy atom. The number of carbonyl (C=O) groups is 1. The van der Waals surface area contributed by atoms with Crippen molar-refractivity contribution in [3.8, 4) is 5.75 Å². The first-order valence-corrected chi connectivity index (χ1v) is 11.7. The van der Waals surface area contributed by atoms with E-state index >= 15 is 0 Å². The van der Waals surface area contributed by atoms with Gasteiger partial charge in [-0.15, -0.1) is 35.7 Å². The summed E-state index contributed by atoms with van der Waals surface area (Å²) in [5.41, 5.74) is 1.20. The second-order valence-electron chi connectivity index (χ2n) is 7.65. The van der Waals surface area contributed by atoms with Gasteiger partial charge in [0, 0.05) is 36.3 Å². The third-order valence-corrected chi connectivity index (χ3v) is 5.92. The molecule has 0 heterocycles. The number of halogens is 1. The van der Waals surface area contributed by atoms with Crippen molar-refractivity contribution < 1.29 is 9.53 Å². The molecule has 0 spiro atoms. The molecule has 0 aliphatic heterocycles. The molecule has 3 rings (SSSR count). The fourth-order valence-electron chi connectivity index (χ4n) is 2.96. The average molecular weight is 569 g/mol. The highest BCUT2D eigenvalue weighted by Crippen LogP contribution is 2.22. The number of benzene rings is 2. The Hall–Kier alpha value is -1.94. The van der Waals surface area contributed by atoms with Gasteiger partial charge in [-0.05, 0) is 49.1 Å². The zero-order valence-electron chi connectivity index (χ0n) is 18.7. The molecule has 1 aliphatic carbocycles. The number of rotatable bonds is 11. The van der Waals surface area contributed by atoms with E-state index < -0.39 is 0 Å². The van der Waals surface area contributed by atoms with Crippen molar-refractivity contribution in [2.24, 2.45) is 4.99 Å². The van der Waals surface area contributed by atoms with E-state index in [0.717, 1.165) is 38.3 Å². The van der Waals surface area contributed by atoms with Crippen LogP contribution in [-0.2, 0) is 11.2 Å². The smallest absolute Gasteiger partial charge is 0.258 e. The summed E-state index contributed by atoms with van der Waals surface area (Å²) in [7, 11) is 1.79. The number of hydrogen-bond donors (Lipinski definition) is 3. The molecule has 2 aromatic rings. The second kappa shape index (κ2) is 14.3. The fourth-order valence-corrected chi connectivity index (χ4v) is 3.90. The number of guanidine groups is 1. The van der Waals surface area contributed by atoms with Crippen LogP contribution in [0.25, 0.3) is 0 Å². The van der Waals surface area contributed by atoms with Gasteiger partial charge in [0.05, 0.1) is 0 Å². The second-order valence-corrected chi connectivity index (χ2v) is 9.16. The molecule has 1 unspecified atom stereocenters. The summed E-state index contributed by atoms with van der Waals surface area (Å²) < 4.78 is 5.55. The van der Waals surface area contributed by atoms with E-state index in [2.05, 4.69) is 52.1 Å². The normalized spacial score (nSPS) is 14.1. The number of nitrogens with one attached hydrogen (secondary N) is 3. The third-order valence-electron chi connectivity index (χ3n) is 4.80. The van der Waals surface area contributed by atoms with Gasteiger partial charge in [0.25, 0.3) is 5.91 Å². The first-order valence-electron chi connectivity index (χ1n) is 10.8. The summed E-state index contributed by atoms with van der Waals surface area (Å²) in [4.78, 5) is 17.3. The van der Waals surface area contributed by atoms with E-state index in [0.29, 0.717) is 17.0 Å². The zero-order chi connectivity index (χ0) is 21.9. The van der Waals surface area contributed by atoms with Gasteiger partial charge >= 0.3 is 0 Å². The summed E-state index contributed by atoms with van der Waals surface area (Å²) in [6.07, 6.45) is 3.04. The standard InChI is InChI=1S/C24H32N4O2S.HI/c1-18(31-22-6-4-3-5-7-22)16-27-24(25-2)26-15-14-19-8-12-21(13-9-19)30-17-23(29)28-20-10-11-20;/h3-9,12-13,18,20H,10-11,14-17H2,1-2H3,(H,28,29)(H2,25,26,27);1H. The molecule has 174 valence electrons. The molecule has 1 amide bonds. The molecular weight excluding hydrogens is 535 g/mol. The molecule has 0 radical (unpaired) electrons. The Morgan fingerprint density at radius 1 is 1.12 bits per heavy atom. The maximum absolute atomic E-state index is 11.7. The van der Waals surface area contributed by atoms with Crippen LogP contribution >= 0.6 is 35.7 Å². The molecule has 3 N–H and O–H groups in total. The van der Waals surface area contributed by atoms with Gasteiger partial charge in [0.15, 0.2) is 12.6 Å². The first kappa shape index (κ1) is 26.3. The van der Waals surface area contributed by atoms with Crippen molar-refractivity contribution in [3.63, 3.8) is 0 Å². The molecule has 8 heteroatoms. The third kappa shape index (κ3) is 10.1. The maximum atomic E-state index is 11.7. The van der Waals surface area contributed by atoms with E-state index in [1.54, 1.807) is 7.05 Å². The molecule has 32 heavy (non-hydrogen) atoms. The SMILES string of the molecule is CN=C(NCCc1ccc(OCC(=O)NC2CC2)cc1)NCC(C)Sc1ccccc1.I. The lowest BCUT2D eigenvalue weighted by atomic mass is 10.1. The van der Waals surface area contributed by atoms with Crippen molar-refractivity contribution in [1.29, 1.82) is 0 Å². The number of thioether (sulfide) groups is 1. The summed E-state index contributed by atoms with van der Waals surface area (Å²) in [6, 6.07) is 18.7. The number of ether oxygens (including phenoxy) is 1. The van der Waals surface area contributed by atoms with Crippen LogP contribution in [0.1, 0.15) is 25.3 Å². The summed E-state index contributed by atoms with van der Waals surface area (Å²) in [5.74, 6) is 1.47. The topological polar surface area (TPSA) is 74.8 Å². The lowest BCUT2D eigenvalue weighted by molar-refractivity contribution is -0.123. The van der Waals surface area contributed by atoms with Gasteiger partial charge in [-0.2, -0.15) is 0 Å². The van der Waals surface area contributed by atoms with Gasteiger partial charge in [0.2, 0.25) is 0 Å². The molecule has 2 aromatic carbocycles. The minimum Gasteiger partial charge on any atom is -0.484 e. The van der Waals surface area contributed by atoms with Crippen LogP contribution in [0, 0.1) is 0 Å². The molecule has 0 bridgehead atoms. The Labute approximate surface area is 212 Å². The summed E-state index contributed by atoms with van der Waals surface area (Å²) in [6.45, 7) is 3.89. The first-order chi connectivity index (χ1) is 15.1. The molecule has 1 aliphatic rings. The number of nitrogens with zero attached hydrogens (tertiary/aromatic N) is 1. The molecule has 6 nitrogen and oxygen atoms in total. The van der Waals surface area contributed by atoms with Crippen LogP contribution in [0.3, 0.4) is 0 Å². The average Bonchev–Trinajstić information content (AvgIpc) is 3.60. The lowest BCUT2D eigenvalue weighted by Crippen LogP contribution is -2.40. The van der Waals surface area contributed by atoms with Crippen LogP contribution in [0.2, 0.25) is 0 Å². The van der Waals surface area contributed by atoms with Crippen LogP contribution in [0.4, 0.5) is 0 Å². The molecule has 1 saturated carbocycles. The van der Waals surface area contributed by atoms with Crippen molar-refractivity contribution in [2.45, 2.75) is 42.4 Å². The van der Waals surface area contributed by atoms with Crippen molar-refractivity contribution in [1.82, 2.24) is 16.0 Å². The Balaban J connectivity index is 0.00000363. The molecule has 1 atom stereocenters. The highest BCUT2D eigenvalue weighted by Gasteiger charge is 2.23. The summed E-state index contributed by atoms with van der Waals surface area (Å²) in [5, 5.41) is 10.1. The summed E-state index contributed by atoms with van der Waals surface area (Å²) >= 11 is 1.85. The van der Waals surface area contributed by atoms with E-state index in [4.69, 9.17) is 4.74 Å².